The number of hydrogen-bond donors (Lipinski definition) is 0. The minimum atomic E-state index is -0.779. The smallest absolute Gasteiger partial charge is 0.306 e. The first-order valence-electron chi connectivity index (χ1n) is 32.2. The van der Waals surface area contributed by atoms with Gasteiger partial charge in [-0.15, -0.1) is 0 Å². The summed E-state index contributed by atoms with van der Waals surface area (Å²) in [6.45, 7) is 6.65. The third kappa shape index (κ3) is 60.1. The quantitative estimate of drug-likeness (QED) is 0.0199. The van der Waals surface area contributed by atoms with E-state index in [1.807, 2.05) is 0 Å². The molecule has 6 heteroatoms. The highest BCUT2D eigenvalue weighted by molar-refractivity contribution is 5.71. The molecule has 0 spiro atoms. The van der Waals surface area contributed by atoms with Crippen LogP contribution in [0.5, 0.6) is 0 Å². The van der Waals surface area contributed by atoms with Gasteiger partial charge < -0.3 is 14.2 Å². The molecule has 0 aliphatic heterocycles. The van der Waals surface area contributed by atoms with Crippen molar-refractivity contribution >= 4 is 17.9 Å². The molecule has 426 valence electrons. The maximum atomic E-state index is 12.9. The van der Waals surface area contributed by atoms with Crippen molar-refractivity contribution in [1.29, 1.82) is 0 Å². The molecule has 73 heavy (non-hydrogen) atoms. The van der Waals surface area contributed by atoms with Gasteiger partial charge in [0, 0.05) is 19.3 Å². The van der Waals surface area contributed by atoms with E-state index in [-0.39, 0.29) is 31.1 Å². The average Bonchev–Trinajstić information content (AvgIpc) is 3.39. The van der Waals surface area contributed by atoms with E-state index in [1.165, 1.54) is 244 Å². The van der Waals surface area contributed by atoms with Crippen LogP contribution < -0.4 is 0 Å². The second-order valence-corrected chi connectivity index (χ2v) is 21.7. The van der Waals surface area contributed by atoms with E-state index < -0.39 is 6.10 Å². The first-order valence-corrected chi connectivity index (χ1v) is 32.2. The Labute approximate surface area is 454 Å². The lowest BCUT2D eigenvalue weighted by molar-refractivity contribution is -0.167. The number of unbranched alkanes of at least 4 members (excludes halogenated alkanes) is 41. The molecule has 0 fully saturated rings. The highest BCUT2D eigenvalue weighted by Gasteiger charge is 2.19. The van der Waals surface area contributed by atoms with Gasteiger partial charge in [-0.25, -0.2) is 0 Å². The predicted octanol–water partition coefficient (Wildman–Crippen LogP) is 21.8. The minimum absolute atomic E-state index is 0.0758. The molecule has 0 aromatic carbocycles. The topological polar surface area (TPSA) is 78.9 Å². The molecule has 0 bridgehead atoms. The number of rotatable bonds is 59. The number of ether oxygens (including phenoxy) is 3. The zero-order chi connectivity index (χ0) is 52.9. The van der Waals surface area contributed by atoms with Crippen LogP contribution in [0.4, 0.5) is 0 Å². The largest absolute Gasteiger partial charge is 0.462 e. The first-order chi connectivity index (χ1) is 36.0. The first kappa shape index (κ1) is 70.4. The SMILES string of the molecule is CCCCC/C=C\C=C/CCCCCCCCCCCCC(=O)OCC(COC(=O)CCCCCCCCC/C=C\CCCCCCCC)OC(=O)CCCCCCCCC/C=C\CCCCCCCCCC. The normalized spacial score (nSPS) is 12.3. The maximum absolute atomic E-state index is 12.9. The summed E-state index contributed by atoms with van der Waals surface area (Å²) in [6, 6.07) is 0. The highest BCUT2D eigenvalue weighted by atomic mass is 16.6. The van der Waals surface area contributed by atoms with Gasteiger partial charge in [-0.1, -0.05) is 275 Å². The van der Waals surface area contributed by atoms with E-state index in [0.29, 0.717) is 19.3 Å². The number of esters is 3. The van der Waals surface area contributed by atoms with Crippen LogP contribution in [-0.2, 0) is 28.6 Å². The Bertz CT molecular complexity index is 1270. The fourth-order valence-electron chi connectivity index (χ4n) is 9.43. The van der Waals surface area contributed by atoms with Crippen molar-refractivity contribution in [3.63, 3.8) is 0 Å². The van der Waals surface area contributed by atoms with Crippen LogP contribution in [-0.4, -0.2) is 37.2 Å². The summed E-state index contributed by atoms with van der Waals surface area (Å²) in [4.78, 5) is 38.3. The second kappa shape index (κ2) is 61.9. The monoisotopic (exact) mass is 1020 g/mol. The van der Waals surface area contributed by atoms with E-state index in [9.17, 15) is 14.4 Å². The molecule has 0 aromatic heterocycles. The van der Waals surface area contributed by atoms with Crippen LogP contribution in [0.2, 0.25) is 0 Å². The van der Waals surface area contributed by atoms with E-state index in [1.54, 1.807) is 0 Å². The Hall–Kier alpha value is -2.63. The van der Waals surface area contributed by atoms with Gasteiger partial charge in [0.2, 0.25) is 0 Å². The van der Waals surface area contributed by atoms with Crippen molar-refractivity contribution in [2.75, 3.05) is 13.2 Å². The van der Waals surface area contributed by atoms with Gasteiger partial charge in [0.25, 0.3) is 0 Å². The molecule has 0 aromatic rings. The molecule has 0 heterocycles. The molecule has 0 amide bonds. The van der Waals surface area contributed by atoms with Gasteiger partial charge in [-0.2, -0.15) is 0 Å². The molecule has 1 unspecified atom stereocenters. The lowest BCUT2D eigenvalue weighted by Gasteiger charge is -2.18. The molecule has 0 saturated carbocycles. The average molecular weight is 1020 g/mol. The Morgan fingerprint density at radius 3 is 0.795 bits per heavy atom. The molecule has 1 atom stereocenters. The van der Waals surface area contributed by atoms with Crippen LogP contribution >= 0.6 is 0 Å². The summed E-state index contributed by atoms with van der Waals surface area (Å²) in [5.41, 5.74) is 0. The van der Waals surface area contributed by atoms with Gasteiger partial charge in [0.1, 0.15) is 13.2 Å². The van der Waals surface area contributed by atoms with Crippen LogP contribution in [0.25, 0.3) is 0 Å². The fourth-order valence-corrected chi connectivity index (χ4v) is 9.43. The van der Waals surface area contributed by atoms with Gasteiger partial charge in [-0.05, 0) is 96.3 Å². The summed E-state index contributed by atoms with van der Waals surface area (Å²) in [7, 11) is 0. The lowest BCUT2D eigenvalue weighted by atomic mass is 10.1. The van der Waals surface area contributed by atoms with Gasteiger partial charge in [0.15, 0.2) is 6.10 Å². The van der Waals surface area contributed by atoms with Crippen LogP contribution in [0.1, 0.15) is 342 Å². The number of carbonyl (C=O) groups is 3. The van der Waals surface area contributed by atoms with Crippen LogP contribution in [0.3, 0.4) is 0 Å². The van der Waals surface area contributed by atoms with Gasteiger partial charge >= 0.3 is 17.9 Å². The molecule has 0 aliphatic carbocycles. The Kier molecular flexibility index (Phi) is 59.7. The molecule has 0 radical (unpaired) electrons. The van der Waals surface area contributed by atoms with Crippen molar-refractivity contribution in [2.24, 2.45) is 0 Å². The Morgan fingerprint density at radius 2 is 0.493 bits per heavy atom. The predicted molar refractivity (Wildman–Crippen MR) is 316 cm³/mol. The summed E-state index contributed by atoms with van der Waals surface area (Å²) in [5, 5.41) is 0. The van der Waals surface area contributed by atoms with Crippen molar-refractivity contribution in [1.82, 2.24) is 0 Å². The number of allylic oxidation sites excluding steroid dienone is 8. The molecular formula is C67H122O6. The zero-order valence-corrected chi connectivity index (χ0v) is 48.9. The maximum Gasteiger partial charge on any atom is 0.306 e. The van der Waals surface area contributed by atoms with E-state index in [2.05, 4.69) is 69.4 Å². The Balaban J connectivity index is 4.36. The third-order valence-electron chi connectivity index (χ3n) is 14.3. The van der Waals surface area contributed by atoms with Crippen molar-refractivity contribution in [2.45, 2.75) is 348 Å². The molecule has 0 N–H and O–H groups in total. The van der Waals surface area contributed by atoms with Crippen molar-refractivity contribution in [3.05, 3.63) is 48.6 Å². The summed E-state index contributed by atoms with van der Waals surface area (Å²) >= 11 is 0. The van der Waals surface area contributed by atoms with E-state index in [4.69, 9.17) is 14.2 Å². The summed E-state index contributed by atoms with van der Waals surface area (Å²) in [6.07, 6.45) is 76.8. The van der Waals surface area contributed by atoms with E-state index >= 15 is 0 Å². The van der Waals surface area contributed by atoms with E-state index in [0.717, 1.165) is 57.8 Å². The molecular weight excluding hydrogens is 901 g/mol. The molecule has 0 saturated heterocycles. The standard InChI is InChI=1S/C67H122O6/c1-4-7-10-13-16-19-22-25-28-31-33-36-39-42-45-48-51-54-57-60-66(69)72-63-64(62-71-65(68)59-56-53-50-47-44-41-38-35-30-27-24-21-18-15-12-9-6-3)73-67(70)61-58-55-52-49-46-43-40-37-34-32-29-26-23-20-17-14-11-8-5-2/h16,19,22,25,27,30,32,34,64H,4-15,17-18,20-21,23-24,26,28-29,31,33,35-63H2,1-3H3/b19-16-,25-22-,30-27-,34-32-. The van der Waals surface area contributed by atoms with Crippen LogP contribution in [0.15, 0.2) is 48.6 Å². The Morgan fingerprint density at radius 1 is 0.274 bits per heavy atom. The minimum Gasteiger partial charge on any atom is -0.462 e. The molecule has 0 aliphatic rings. The number of carbonyl (C=O) groups excluding carboxylic acids is 3. The van der Waals surface area contributed by atoms with Crippen molar-refractivity contribution in [3.8, 4) is 0 Å². The van der Waals surface area contributed by atoms with Gasteiger partial charge in [-0.3, -0.25) is 14.4 Å². The fraction of sp³-hybridized carbons (Fsp3) is 0.836. The third-order valence-corrected chi connectivity index (χ3v) is 14.3. The van der Waals surface area contributed by atoms with Gasteiger partial charge in [0.05, 0.1) is 0 Å². The zero-order valence-electron chi connectivity index (χ0n) is 48.9. The molecule has 0 rings (SSSR count). The summed E-state index contributed by atoms with van der Waals surface area (Å²) in [5.74, 6) is -0.868. The number of hydrogen-bond acceptors (Lipinski definition) is 6. The highest BCUT2D eigenvalue weighted by Crippen LogP contribution is 2.17. The lowest BCUT2D eigenvalue weighted by Crippen LogP contribution is -2.30. The molecule has 6 nitrogen and oxygen atoms in total. The van der Waals surface area contributed by atoms with Crippen LogP contribution in [0, 0.1) is 0 Å². The second-order valence-electron chi connectivity index (χ2n) is 21.7. The summed E-state index contributed by atoms with van der Waals surface area (Å²) < 4.78 is 16.9. The van der Waals surface area contributed by atoms with Crippen molar-refractivity contribution < 1.29 is 28.6 Å².